The van der Waals surface area contributed by atoms with E-state index in [-0.39, 0.29) is 34.5 Å². The molecular weight excluding hydrogens is 704 g/mol. The molecular formula is C40H34O14. The quantitative estimate of drug-likeness (QED) is 0.0958. The van der Waals surface area contributed by atoms with Crippen molar-refractivity contribution in [2.45, 2.75) is 53.8 Å². The molecule has 0 bridgehead atoms. The van der Waals surface area contributed by atoms with Crippen molar-refractivity contribution in [3.63, 3.8) is 0 Å². The molecule has 0 radical (unpaired) electrons. The van der Waals surface area contributed by atoms with Crippen LogP contribution in [0, 0.1) is 0 Å². The maximum Gasteiger partial charge on any atom is 0.308 e. The largest absolute Gasteiger partial charge is 0.478 e. The minimum atomic E-state index is -0.984. The van der Waals surface area contributed by atoms with Gasteiger partial charge < -0.3 is 37.9 Å². The fraction of sp³-hybridized carbons (Fsp3) is 0.200. The second kappa shape index (κ2) is 16.6. The summed E-state index contributed by atoms with van der Waals surface area (Å²) in [4.78, 5) is 70.8. The van der Waals surface area contributed by atoms with Crippen LogP contribution in [0.3, 0.4) is 0 Å². The van der Waals surface area contributed by atoms with Crippen molar-refractivity contribution in [2.24, 2.45) is 0 Å². The minimum Gasteiger partial charge on any atom is -0.478 e. The topological polar surface area (TPSA) is 176 Å². The number of fused-ring (bicyclic) bond motifs is 1. The van der Waals surface area contributed by atoms with Crippen molar-refractivity contribution in [1.82, 2.24) is 0 Å². The lowest BCUT2D eigenvalue weighted by Gasteiger charge is -2.35. The molecule has 14 nitrogen and oxygen atoms in total. The second-order valence-corrected chi connectivity index (χ2v) is 11.9. The first-order valence-corrected chi connectivity index (χ1v) is 16.3. The minimum absolute atomic E-state index is 0.00816. The molecule has 1 aliphatic heterocycles. The number of benzene rings is 4. The molecule has 2 atom stereocenters. The first-order chi connectivity index (χ1) is 25.6. The Hall–Kier alpha value is -6.96. The lowest BCUT2D eigenvalue weighted by molar-refractivity contribution is -0.134. The third kappa shape index (κ3) is 10.3. The van der Waals surface area contributed by atoms with Gasteiger partial charge in [0.05, 0.1) is 0 Å². The zero-order chi connectivity index (χ0) is 39.1. The standard InChI is InChI=1S/C40H34O14/c1-21(41)47-31-13-28(14-32(19-31)48-22(2)42)8-7-27-9-11-36-37(15-27)54-39(29-10-12-35(51-25(5)45)38(18-29)52-26(6)46)40(53-36)30-16-33(49-23(3)43)20-34(17-30)50-24(4)44/h7-20,39-40H,1-6H3/b8-7+/t39-,40-/m1/s1. The van der Waals surface area contributed by atoms with Gasteiger partial charge in [0.15, 0.2) is 35.2 Å². The Morgan fingerprint density at radius 2 is 0.870 bits per heavy atom. The van der Waals surface area contributed by atoms with Crippen LogP contribution in [0.4, 0.5) is 0 Å². The molecule has 0 N–H and O–H groups in total. The van der Waals surface area contributed by atoms with Crippen LogP contribution in [0.2, 0.25) is 0 Å². The van der Waals surface area contributed by atoms with E-state index in [4.69, 9.17) is 37.9 Å². The Bertz CT molecular complexity index is 2110. The van der Waals surface area contributed by atoms with Crippen molar-refractivity contribution in [3.8, 4) is 46.0 Å². The average Bonchev–Trinajstić information content (AvgIpc) is 3.05. The summed E-state index contributed by atoms with van der Waals surface area (Å²) in [7, 11) is 0. The Labute approximate surface area is 309 Å². The summed E-state index contributed by atoms with van der Waals surface area (Å²) < 4.78 is 44.8. The Morgan fingerprint density at radius 1 is 0.426 bits per heavy atom. The van der Waals surface area contributed by atoms with Gasteiger partial charge in [0.1, 0.15) is 23.0 Å². The van der Waals surface area contributed by atoms with E-state index >= 15 is 0 Å². The van der Waals surface area contributed by atoms with Crippen LogP contribution in [0.25, 0.3) is 12.2 Å². The average molecular weight is 739 g/mol. The van der Waals surface area contributed by atoms with Crippen molar-refractivity contribution < 1.29 is 66.7 Å². The van der Waals surface area contributed by atoms with E-state index in [1.54, 1.807) is 48.6 Å². The molecule has 1 aliphatic rings. The smallest absolute Gasteiger partial charge is 0.308 e. The fourth-order valence-electron chi connectivity index (χ4n) is 5.42. The summed E-state index contributed by atoms with van der Waals surface area (Å²) >= 11 is 0. The summed E-state index contributed by atoms with van der Waals surface area (Å²) in [5.74, 6) is -2.56. The summed E-state index contributed by atoms with van der Waals surface area (Å²) in [6.45, 7) is 7.35. The van der Waals surface area contributed by atoms with E-state index < -0.39 is 48.0 Å². The molecule has 0 saturated heterocycles. The Balaban J connectivity index is 1.59. The molecule has 54 heavy (non-hydrogen) atoms. The number of carbonyl (C=O) groups is 6. The van der Waals surface area contributed by atoms with Gasteiger partial charge in [-0.05, 0) is 59.7 Å². The van der Waals surface area contributed by atoms with Gasteiger partial charge in [-0.25, -0.2) is 0 Å². The molecule has 278 valence electrons. The molecule has 14 heteroatoms. The van der Waals surface area contributed by atoms with Crippen LogP contribution in [-0.4, -0.2) is 35.8 Å². The Morgan fingerprint density at radius 3 is 1.39 bits per heavy atom. The zero-order valence-electron chi connectivity index (χ0n) is 30.0. The van der Waals surface area contributed by atoms with Gasteiger partial charge in [-0.2, -0.15) is 0 Å². The zero-order valence-corrected chi connectivity index (χ0v) is 30.0. The highest BCUT2D eigenvalue weighted by Gasteiger charge is 2.36. The number of hydrogen-bond donors (Lipinski definition) is 0. The highest BCUT2D eigenvalue weighted by atomic mass is 16.6. The first-order valence-electron chi connectivity index (χ1n) is 16.3. The van der Waals surface area contributed by atoms with E-state index in [2.05, 4.69) is 0 Å². The molecule has 5 rings (SSSR count). The van der Waals surface area contributed by atoms with E-state index in [9.17, 15) is 28.8 Å². The van der Waals surface area contributed by atoms with Crippen molar-refractivity contribution in [1.29, 1.82) is 0 Å². The van der Waals surface area contributed by atoms with E-state index in [0.29, 0.717) is 33.8 Å². The van der Waals surface area contributed by atoms with Crippen molar-refractivity contribution >= 4 is 48.0 Å². The van der Waals surface area contributed by atoms with Crippen molar-refractivity contribution in [3.05, 3.63) is 95.1 Å². The third-order valence-corrected chi connectivity index (χ3v) is 7.20. The SMILES string of the molecule is CC(=O)Oc1cc(/C=C/c2ccc3c(c2)O[C@H](c2ccc(OC(C)=O)c(OC(C)=O)c2)[C@@H](c2cc(OC(C)=O)cc(OC(C)=O)c2)O3)cc(OC(C)=O)c1. The molecule has 0 spiro atoms. The number of esters is 6. The molecule has 0 fully saturated rings. The molecule has 1 heterocycles. The lowest BCUT2D eigenvalue weighted by atomic mass is 9.95. The second-order valence-electron chi connectivity index (χ2n) is 11.9. The molecule has 4 aromatic rings. The van der Waals surface area contributed by atoms with Crippen LogP contribution < -0.4 is 37.9 Å². The highest BCUT2D eigenvalue weighted by molar-refractivity contribution is 5.77. The molecule has 0 amide bonds. The van der Waals surface area contributed by atoms with Crippen molar-refractivity contribution in [2.75, 3.05) is 0 Å². The predicted octanol–water partition coefficient (Wildman–Crippen LogP) is 6.66. The van der Waals surface area contributed by atoms with Gasteiger partial charge >= 0.3 is 35.8 Å². The fourth-order valence-corrected chi connectivity index (χ4v) is 5.42. The maximum absolute atomic E-state index is 12.0. The highest BCUT2D eigenvalue weighted by Crippen LogP contribution is 2.48. The predicted molar refractivity (Wildman–Crippen MR) is 189 cm³/mol. The monoisotopic (exact) mass is 738 g/mol. The number of ether oxygens (including phenoxy) is 8. The molecule has 0 unspecified atom stereocenters. The van der Waals surface area contributed by atoms with Crippen LogP contribution >= 0.6 is 0 Å². The van der Waals surface area contributed by atoms with Gasteiger partial charge in [0.25, 0.3) is 0 Å². The summed E-state index contributed by atoms with van der Waals surface area (Å²) in [5, 5.41) is 0. The lowest BCUT2D eigenvalue weighted by Crippen LogP contribution is -2.27. The van der Waals surface area contributed by atoms with Gasteiger partial charge in [0, 0.05) is 64.8 Å². The molecule has 4 aromatic carbocycles. The van der Waals surface area contributed by atoms with Crippen LogP contribution in [0.5, 0.6) is 46.0 Å². The Kier molecular flexibility index (Phi) is 11.8. The van der Waals surface area contributed by atoms with Gasteiger partial charge in [-0.3, -0.25) is 28.8 Å². The van der Waals surface area contributed by atoms with E-state index in [0.717, 1.165) is 0 Å². The van der Waals surface area contributed by atoms with Gasteiger partial charge in [-0.1, -0.05) is 24.3 Å². The number of carbonyl (C=O) groups excluding carboxylic acids is 6. The first kappa shape index (κ1) is 38.3. The molecule has 0 saturated carbocycles. The molecule has 0 aromatic heterocycles. The maximum atomic E-state index is 12.0. The summed E-state index contributed by atoms with van der Waals surface area (Å²) in [6.07, 6.45) is 1.50. The summed E-state index contributed by atoms with van der Waals surface area (Å²) in [5.41, 5.74) is 2.02. The normalized spacial score (nSPS) is 14.4. The summed E-state index contributed by atoms with van der Waals surface area (Å²) in [6, 6.07) is 18.7. The number of hydrogen-bond acceptors (Lipinski definition) is 14. The van der Waals surface area contributed by atoms with Crippen LogP contribution in [0.1, 0.15) is 76.0 Å². The number of rotatable bonds is 10. The van der Waals surface area contributed by atoms with Gasteiger partial charge in [0.2, 0.25) is 0 Å². The van der Waals surface area contributed by atoms with E-state index in [1.807, 2.05) is 0 Å². The third-order valence-electron chi connectivity index (χ3n) is 7.20. The van der Waals surface area contributed by atoms with Gasteiger partial charge in [-0.15, -0.1) is 0 Å². The van der Waals surface area contributed by atoms with Crippen LogP contribution in [0.15, 0.2) is 72.8 Å². The van der Waals surface area contributed by atoms with E-state index in [1.165, 1.54) is 77.9 Å². The van der Waals surface area contributed by atoms with Crippen LogP contribution in [-0.2, 0) is 28.8 Å². The molecule has 0 aliphatic carbocycles.